The van der Waals surface area contributed by atoms with Crippen LogP contribution in [-0.4, -0.2) is 32.2 Å². The van der Waals surface area contributed by atoms with E-state index in [0.717, 1.165) is 5.56 Å². The third-order valence-electron chi connectivity index (χ3n) is 3.86. The Morgan fingerprint density at radius 3 is 2.36 bits per heavy atom. The van der Waals surface area contributed by atoms with Crippen LogP contribution in [0.5, 0.6) is 11.5 Å². The molecular weight excluding hydrogens is 382 g/mol. The number of nitrogens with one attached hydrogen (secondary N) is 1. The number of hydrogen-bond donors (Lipinski definition) is 1. The number of halogens is 1. The molecule has 2 aromatic rings. The average molecular weight is 404 g/mol. The van der Waals surface area contributed by atoms with E-state index in [2.05, 4.69) is 5.32 Å². The van der Waals surface area contributed by atoms with Crippen LogP contribution < -0.4 is 14.8 Å². The number of ether oxygens (including phenoxy) is 3. The van der Waals surface area contributed by atoms with E-state index in [-0.39, 0.29) is 6.54 Å². The van der Waals surface area contributed by atoms with Gasteiger partial charge in [-0.2, -0.15) is 0 Å². The van der Waals surface area contributed by atoms with Gasteiger partial charge >= 0.3 is 5.97 Å². The molecule has 0 bridgehead atoms. The number of carbonyl (C=O) groups excluding carboxylic acids is 2. The number of esters is 1. The van der Waals surface area contributed by atoms with E-state index >= 15 is 0 Å². The molecule has 0 heterocycles. The molecule has 0 unspecified atom stereocenters. The highest BCUT2D eigenvalue weighted by atomic mass is 35.5. The molecule has 0 saturated carbocycles. The first-order valence-electron chi connectivity index (χ1n) is 8.56. The van der Waals surface area contributed by atoms with Crippen molar-refractivity contribution in [1.29, 1.82) is 0 Å². The summed E-state index contributed by atoms with van der Waals surface area (Å²) in [5, 5.41) is 3.25. The van der Waals surface area contributed by atoms with E-state index in [0.29, 0.717) is 22.1 Å². The molecule has 28 heavy (non-hydrogen) atoms. The number of carbonyl (C=O) groups is 2. The van der Waals surface area contributed by atoms with E-state index in [1.54, 1.807) is 44.6 Å². The molecule has 0 saturated heterocycles. The maximum Gasteiger partial charge on any atom is 0.331 e. The summed E-state index contributed by atoms with van der Waals surface area (Å²) >= 11 is 6.05. The van der Waals surface area contributed by atoms with Gasteiger partial charge in [0.15, 0.2) is 6.10 Å². The highest BCUT2D eigenvalue weighted by Crippen LogP contribution is 2.23. The minimum atomic E-state index is -0.945. The van der Waals surface area contributed by atoms with Gasteiger partial charge in [0.1, 0.15) is 11.5 Å². The third-order valence-corrected chi connectivity index (χ3v) is 4.23. The molecule has 0 radical (unpaired) electrons. The molecule has 0 aromatic heterocycles. The van der Waals surface area contributed by atoms with Crippen LogP contribution in [0, 0.1) is 0 Å². The Balaban J connectivity index is 1.90. The van der Waals surface area contributed by atoms with Crippen LogP contribution in [0.15, 0.2) is 48.5 Å². The fraction of sp³-hybridized carbons (Fsp3) is 0.238. The molecule has 2 rings (SSSR count). The minimum absolute atomic E-state index is 0.250. The normalized spacial score (nSPS) is 11.7. The second kappa shape index (κ2) is 10.4. The monoisotopic (exact) mass is 403 g/mol. The van der Waals surface area contributed by atoms with Crippen molar-refractivity contribution in [1.82, 2.24) is 5.32 Å². The number of amides is 1. The lowest BCUT2D eigenvalue weighted by atomic mass is 10.2. The van der Waals surface area contributed by atoms with Crippen molar-refractivity contribution < 1.29 is 23.8 Å². The summed E-state index contributed by atoms with van der Waals surface area (Å²) in [6.07, 6.45) is 1.85. The Hall–Kier alpha value is -2.99. The summed E-state index contributed by atoms with van der Waals surface area (Å²) < 4.78 is 15.5. The molecular formula is C21H22ClNO5. The summed E-state index contributed by atoms with van der Waals surface area (Å²) in [7, 11) is 3.08. The fourth-order valence-electron chi connectivity index (χ4n) is 2.32. The van der Waals surface area contributed by atoms with Gasteiger partial charge in [-0.25, -0.2) is 4.79 Å². The largest absolute Gasteiger partial charge is 0.497 e. The van der Waals surface area contributed by atoms with E-state index in [1.165, 1.54) is 13.0 Å². The summed E-state index contributed by atoms with van der Waals surface area (Å²) in [6.45, 7) is 1.75. The second-order valence-electron chi connectivity index (χ2n) is 5.87. The molecule has 1 N–H and O–H groups in total. The molecule has 0 fully saturated rings. The number of hydrogen-bond acceptors (Lipinski definition) is 5. The van der Waals surface area contributed by atoms with Gasteiger partial charge in [-0.15, -0.1) is 0 Å². The van der Waals surface area contributed by atoms with E-state index in [1.807, 2.05) is 18.2 Å². The molecule has 7 heteroatoms. The molecule has 0 aliphatic heterocycles. The molecule has 1 amide bonds. The van der Waals surface area contributed by atoms with Crippen LogP contribution in [-0.2, 0) is 20.9 Å². The van der Waals surface area contributed by atoms with Gasteiger partial charge in [0.25, 0.3) is 5.91 Å². The Labute approximate surface area is 169 Å². The van der Waals surface area contributed by atoms with Crippen molar-refractivity contribution in [2.75, 3.05) is 14.2 Å². The lowest BCUT2D eigenvalue weighted by Crippen LogP contribution is -2.35. The predicted molar refractivity (Wildman–Crippen MR) is 107 cm³/mol. The van der Waals surface area contributed by atoms with Gasteiger partial charge in [0, 0.05) is 23.7 Å². The quantitative estimate of drug-likeness (QED) is 0.538. The zero-order valence-electron chi connectivity index (χ0n) is 15.9. The zero-order valence-corrected chi connectivity index (χ0v) is 16.7. The molecule has 0 aliphatic carbocycles. The van der Waals surface area contributed by atoms with Crippen molar-refractivity contribution in [2.24, 2.45) is 0 Å². The minimum Gasteiger partial charge on any atom is -0.497 e. The maximum atomic E-state index is 12.1. The van der Waals surface area contributed by atoms with Crippen LogP contribution in [0.25, 0.3) is 6.08 Å². The first kappa shape index (κ1) is 21.3. The lowest BCUT2D eigenvalue weighted by Gasteiger charge is -2.13. The van der Waals surface area contributed by atoms with Crippen molar-refractivity contribution >= 4 is 29.6 Å². The summed E-state index contributed by atoms with van der Waals surface area (Å²) in [6, 6.07) is 12.4. The molecule has 1 atom stereocenters. The smallest absolute Gasteiger partial charge is 0.331 e. The van der Waals surface area contributed by atoms with Crippen LogP contribution in [0.2, 0.25) is 5.02 Å². The lowest BCUT2D eigenvalue weighted by molar-refractivity contribution is -0.150. The van der Waals surface area contributed by atoms with E-state index in [9.17, 15) is 9.59 Å². The van der Waals surface area contributed by atoms with Crippen LogP contribution in [0.3, 0.4) is 0 Å². The SMILES string of the molecule is COc1cc(/C=C/C(=O)O[C@@H](C)C(=O)NCc2ccccc2Cl)cc(OC)c1. The standard InChI is InChI=1S/C21H22ClNO5/c1-14(21(25)23-13-16-6-4-5-7-19(16)22)28-20(24)9-8-15-10-17(26-2)12-18(11-15)27-3/h4-12,14H,13H2,1-3H3,(H,23,25)/b9-8+/t14-/m0/s1. The molecule has 0 aliphatic rings. The molecule has 0 spiro atoms. The number of benzene rings is 2. The maximum absolute atomic E-state index is 12.1. The topological polar surface area (TPSA) is 73.9 Å². The summed E-state index contributed by atoms with van der Waals surface area (Å²) in [4.78, 5) is 24.1. The summed E-state index contributed by atoms with van der Waals surface area (Å²) in [5.74, 6) is 0.145. The highest BCUT2D eigenvalue weighted by molar-refractivity contribution is 6.31. The van der Waals surface area contributed by atoms with E-state index < -0.39 is 18.0 Å². The van der Waals surface area contributed by atoms with Crippen LogP contribution >= 0.6 is 11.6 Å². The van der Waals surface area contributed by atoms with Crippen molar-refractivity contribution in [3.63, 3.8) is 0 Å². The first-order chi connectivity index (χ1) is 13.4. The number of rotatable bonds is 8. The zero-order chi connectivity index (χ0) is 20.5. The Bertz CT molecular complexity index is 843. The van der Waals surface area contributed by atoms with Gasteiger partial charge in [-0.1, -0.05) is 29.8 Å². The van der Waals surface area contributed by atoms with Gasteiger partial charge in [0.2, 0.25) is 0 Å². The van der Waals surface area contributed by atoms with Crippen molar-refractivity contribution in [3.05, 3.63) is 64.7 Å². The third kappa shape index (κ3) is 6.32. The van der Waals surface area contributed by atoms with Crippen molar-refractivity contribution in [3.8, 4) is 11.5 Å². The number of methoxy groups -OCH3 is 2. The fourth-order valence-corrected chi connectivity index (χ4v) is 2.53. The molecule has 6 nitrogen and oxygen atoms in total. The first-order valence-corrected chi connectivity index (χ1v) is 8.93. The predicted octanol–water partition coefficient (Wildman–Crippen LogP) is 3.62. The van der Waals surface area contributed by atoms with Crippen LogP contribution in [0.1, 0.15) is 18.1 Å². The van der Waals surface area contributed by atoms with E-state index in [4.69, 9.17) is 25.8 Å². The average Bonchev–Trinajstić information content (AvgIpc) is 2.71. The van der Waals surface area contributed by atoms with Gasteiger partial charge < -0.3 is 19.5 Å². The van der Waals surface area contributed by atoms with Gasteiger partial charge in [-0.3, -0.25) is 4.79 Å². The summed E-state index contributed by atoms with van der Waals surface area (Å²) in [5.41, 5.74) is 1.48. The van der Waals surface area contributed by atoms with Crippen molar-refractivity contribution in [2.45, 2.75) is 19.6 Å². The Kier molecular flexibility index (Phi) is 7.89. The van der Waals surface area contributed by atoms with Crippen LogP contribution in [0.4, 0.5) is 0 Å². The Morgan fingerprint density at radius 1 is 1.11 bits per heavy atom. The van der Waals surface area contributed by atoms with Gasteiger partial charge in [-0.05, 0) is 42.3 Å². The highest BCUT2D eigenvalue weighted by Gasteiger charge is 2.16. The molecule has 148 valence electrons. The Morgan fingerprint density at radius 2 is 1.75 bits per heavy atom. The second-order valence-corrected chi connectivity index (χ2v) is 6.27. The van der Waals surface area contributed by atoms with Gasteiger partial charge in [0.05, 0.1) is 14.2 Å². The molecule has 2 aromatic carbocycles.